The van der Waals surface area contributed by atoms with Crippen LogP contribution in [0.3, 0.4) is 0 Å². The van der Waals surface area contributed by atoms with Gasteiger partial charge in [0.05, 0.1) is 16.8 Å². The molecule has 0 radical (unpaired) electrons. The minimum absolute atomic E-state index is 0.154. The van der Waals surface area contributed by atoms with Crippen LogP contribution < -0.4 is 4.72 Å². The minimum atomic E-state index is -3.99. The molecule has 2 heterocycles. The highest BCUT2D eigenvalue weighted by Crippen LogP contribution is 2.29. The summed E-state index contributed by atoms with van der Waals surface area (Å²) < 4.78 is 31.8. The lowest BCUT2D eigenvalue weighted by Gasteiger charge is -2.07. The average molecular weight is 317 g/mol. The second-order valence-corrected chi connectivity index (χ2v) is 6.25. The Bertz CT molecular complexity index is 1010. The monoisotopic (exact) mass is 317 g/mol. The van der Waals surface area contributed by atoms with Gasteiger partial charge in [-0.25, -0.2) is 0 Å². The third kappa shape index (κ3) is 2.19. The van der Waals surface area contributed by atoms with Crippen LogP contribution in [-0.4, -0.2) is 23.6 Å². The van der Waals surface area contributed by atoms with E-state index in [1.165, 1.54) is 13.1 Å². The Labute approximate surface area is 125 Å². The Morgan fingerprint density at radius 3 is 2.73 bits per heavy atom. The first-order chi connectivity index (χ1) is 10.4. The topological polar surface area (TPSA) is 125 Å². The SMILES string of the molecule is Cc1nnc(S(=O)(=O)Nc2ccc(C)c3c(C#N)c[nH]c23)o1. The number of aromatic nitrogens is 3. The molecule has 0 saturated carbocycles. The quantitative estimate of drug-likeness (QED) is 0.759. The van der Waals surface area contributed by atoms with Gasteiger partial charge in [-0.3, -0.25) is 4.72 Å². The molecule has 2 N–H and O–H groups in total. The van der Waals surface area contributed by atoms with E-state index in [2.05, 4.69) is 26.0 Å². The van der Waals surface area contributed by atoms with Crippen LogP contribution in [0.15, 0.2) is 28.0 Å². The molecule has 0 aliphatic rings. The third-order valence-electron chi connectivity index (χ3n) is 3.15. The van der Waals surface area contributed by atoms with Crippen molar-refractivity contribution in [2.75, 3.05) is 4.72 Å². The maximum atomic E-state index is 12.2. The molecular formula is C13H11N5O3S. The molecule has 8 nitrogen and oxygen atoms in total. The molecule has 0 saturated heterocycles. The number of nitriles is 1. The van der Waals surface area contributed by atoms with E-state index in [1.54, 1.807) is 12.1 Å². The van der Waals surface area contributed by atoms with Gasteiger partial charge in [-0.05, 0) is 18.6 Å². The first-order valence-electron chi connectivity index (χ1n) is 6.26. The van der Waals surface area contributed by atoms with Crippen molar-refractivity contribution in [1.29, 1.82) is 5.26 Å². The summed E-state index contributed by atoms with van der Waals surface area (Å²) in [5.74, 6) is 0.154. The van der Waals surface area contributed by atoms with Gasteiger partial charge in [0.15, 0.2) is 0 Å². The number of hydrogen-bond donors (Lipinski definition) is 2. The van der Waals surface area contributed by atoms with E-state index in [9.17, 15) is 8.42 Å². The number of anilines is 1. The van der Waals surface area contributed by atoms with Gasteiger partial charge in [0, 0.05) is 18.5 Å². The Kier molecular flexibility index (Phi) is 3.11. The molecule has 1 aromatic carbocycles. The zero-order valence-electron chi connectivity index (χ0n) is 11.7. The summed E-state index contributed by atoms with van der Waals surface area (Å²) >= 11 is 0. The number of nitrogens with zero attached hydrogens (tertiary/aromatic N) is 3. The number of hydrogen-bond acceptors (Lipinski definition) is 6. The van der Waals surface area contributed by atoms with E-state index >= 15 is 0 Å². The third-order valence-corrected chi connectivity index (χ3v) is 4.26. The summed E-state index contributed by atoms with van der Waals surface area (Å²) in [7, 11) is -3.99. The summed E-state index contributed by atoms with van der Waals surface area (Å²) in [6.45, 7) is 3.34. The van der Waals surface area contributed by atoms with Crippen LogP contribution in [0.1, 0.15) is 17.0 Å². The molecule has 9 heteroatoms. The van der Waals surface area contributed by atoms with Gasteiger partial charge in [-0.15, -0.1) is 5.10 Å². The molecule has 0 unspecified atom stereocenters. The van der Waals surface area contributed by atoms with Crippen molar-refractivity contribution >= 4 is 26.6 Å². The fraction of sp³-hybridized carbons (Fsp3) is 0.154. The molecule has 3 rings (SSSR count). The Balaban J connectivity index is 2.11. The van der Waals surface area contributed by atoms with Crippen molar-refractivity contribution in [3.8, 4) is 6.07 Å². The summed E-state index contributed by atoms with van der Waals surface area (Å²) in [6.07, 6.45) is 1.53. The zero-order valence-corrected chi connectivity index (χ0v) is 12.5. The highest BCUT2D eigenvalue weighted by molar-refractivity contribution is 7.92. The number of aryl methyl sites for hydroxylation is 2. The maximum absolute atomic E-state index is 12.2. The van der Waals surface area contributed by atoms with Gasteiger partial charge in [0.1, 0.15) is 6.07 Å². The van der Waals surface area contributed by atoms with E-state index in [0.717, 1.165) is 5.56 Å². The molecule has 0 spiro atoms. The van der Waals surface area contributed by atoms with Crippen molar-refractivity contribution < 1.29 is 12.8 Å². The van der Waals surface area contributed by atoms with Crippen molar-refractivity contribution in [3.05, 3.63) is 35.3 Å². The van der Waals surface area contributed by atoms with Gasteiger partial charge in [-0.1, -0.05) is 11.2 Å². The Morgan fingerprint density at radius 1 is 1.32 bits per heavy atom. The number of fused-ring (bicyclic) bond motifs is 1. The van der Waals surface area contributed by atoms with Crippen LogP contribution in [0, 0.1) is 25.2 Å². The minimum Gasteiger partial charge on any atom is -0.412 e. The zero-order chi connectivity index (χ0) is 15.9. The standard InChI is InChI=1S/C13H11N5O3S/c1-7-3-4-10(12-11(7)9(5-14)6-15-12)18-22(19,20)13-17-16-8(2)21-13/h3-4,6,15,18H,1-2H3. The molecule has 112 valence electrons. The first kappa shape index (κ1) is 14.1. The highest BCUT2D eigenvalue weighted by Gasteiger charge is 2.23. The second kappa shape index (κ2) is 4.85. The number of benzene rings is 1. The van der Waals surface area contributed by atoms with E-state index in [1.807, 2.05) is 6.92 Å². The predicted octanol–water partition coefficient (Wildman–Crippen LogP) is 1.84. The van der Waals surface area contributed by atoms with Crippen LogP contribution in [0.4, 0.5) is 5.69 Å². The molecule has 0 fully saturated rings. The normalized spacial score (nSPS) is 11.5. The molecule has 2 aromatic heterocycles. The molecule has 3 aromatic rings. The lowest BCUT2D eigenvalue weighted by molar-refractivity contribution is 0.411. The van der Waals surface area contributed by atoms with E-state index in [-0.39, 0.29) is 5.89 Å². The number of H-pyrrole nitrogens is 1. The molecule has 0 bridgehead atoms. The molecule has 22 heavy (non-hydrogen) atoms. The van der Waals surface area contributed by atoms with Gasteiger partial charge >= 0.3 is 15.2 Å². The summed E-state index contributed by atoms with van der Waals surface area (Å²) in [5, 5.41) is 16.3. The molecule has 0 aliphatic heterocycles. The predicted molar refractivity (Wildman–Crippen MR) is 77.6 cm³/mol. The van der Waals surface area contributed by atoms with Crippen molar-refractivity contribution in [1.82, 2.24) is 15.2 Å². The van der Waals surface area contributed by atoms with E-state index in [4.69, 9.17) is 9.68 Å². The number of nitrogens with one attached hydrogen (secondary N) is 2. The van der Waals surface area contributed by atoms with Crippen LogP contribution in [0.25, 0.3) is 10.9 Å². The number of sulfonamides is 1. The van der Waals surface area contributed by atoms with Crippen molar-refractivity contribution in [2.24, 2.45) is 0 Å². The molecule has 0 amide bonds. The lowest BCUT2D eigenvalue weighted by atomic mass is 10.1. The Hall–Kier alpha value is -2.86. The molecular weight excluding hydrogens is 306 g/mol. The largest absolute Gasteiger partial charge is 0.412 e. The van der Waals surface area contributed by atoms with Gasteiger partial charge in [0.25, 0.3) is 0 Å². The number of rotatable bonds is 3. The van der Waals surface area contributed by atoms with Crippen LogP contribution in [0.5, 0.6) is 0 Å². The average Bonchev–Trinajstić information content (AvgIpc) is 3.08. The fourth-order valence-corrected chi connectivity index (χ4v) is 3.09. The number of aromatic amines is 1. The van der Waals surface area contributed by atoms with Crippen molar-refractivity contribution in [3.63, 3.8) is 0 Å². The van der Waals surface area contributed by atoms with Crippen molar-refractivity contribution in [2.45, 2.75) is 19.1 Å². The highest BCUT2D eigenvalue weighted by atomic mass is 32.2. The van der Waals surface area contributed by atoms with Gasteiger partial charge < -0.3 is 9.40 Å². The molecule has 0 aliphatic carbocycles. The summed E-state index contributed by atoms with van der Waals surface area (Å²) in [4.78, 5) is 2.91. The lowest BCUT2D eigenvalue weighted by Crippen LogP contribution is -2.13. The first-order valence-corrected chi connectivity index (χ1v) is 7.74. The van der Waals surface area contributed by atoms with Crippen LogP contribution in [-0.2, 0) is 10.0 Å². The second-order valence-electron chi connectivity index (χ2n) is 4.69. The van der Waals surface area contributed by atoms with Crippen LogP contribution >= 0.6 is 0 Å². The molecule has 0 atom stereocenters. The van der Waals surface area contributed by atoms with Crippen LogP contribution in [0.2, 0.25) is 0 Å². The van der Waals surface area contributed by atoms with E-state index < -0.39 is 15.2 Å². The van der Waals surface area contributed by atoms with Gasteiger partial charge in [0.2, 0.25) is 5.89 Å². The Morgan fingerprint density at radius 2 is 2.09 bits per heavy atom. The maximum Gasteiger partial charge on any atom is 0.356 e. The fourth-order valence-electron chi connectivity index (χ4n) is 2.17. The summed E-state index contributed by atoms with van der Waals surface area (Å²) in [5.41, 5.74) is 2.14. The smallest absolute Gasteiger partial charge is 0.356 e. The van der Waals surface area contributed by atoms with E-state index in [0.29, 0.717) is 22.2 Å². The summed E-state index contributed by atoms with van der Waals surface area (Å²) in [6, 6.07) is 5.40. The van der Waals surface area contributed by atoms with Gasteiger partial charge in [-0.2, -0.15) is 13.7 Å².